The monoisotopic (exact) mass is 311 g/mol. The van der Waals surface area contributed by atoms with E-state index in [1.54, 1.807) is 17.5 Å². The lowest BCUT2D eigenvalue weighted by Crippen LogP contribution is -2.27. The lowest BCUT2D eigenvalue weighted by Gasteiger charge is -2.09. The van der Waals surface area contributed by atoms with E-state index in [0.29, 0.717) is 16.6 Å². The van der Waals surface area contributed by atoms with Gasteiger partial charge < -0.3 is 16.4 Å². The highest BCUT2D eigenvalue weighted by Crippen LogP contribution is 2.25. The highest BCUT2D eigenvalue weighted by atomic mass is 32.1. The van der Waals surface area contributed by atoms with E-state index >= 15 is 0 Å². The molecule has 2 rings (SSSR count). The predicted octanol–water partition coefficient (Wildman–Crippen LogP) is 2.15. The summed E-state index contributed by atoms with van der Waals surface area (Å²) >= 11 is 2.85. The second-order valence-electron chi connectivity index (χ2n) is 4.25. The van der Waals surface area contributed by atoms with Gasteiger partial charge in [-0.1, -0.05) is 18.3 Å². The molecule has 0 spiro atoms. The molecular formula is C12H17N5OS2. The molecule has 0 fully saturated rings. The predicted molar refractivity (Wildman–Crippen MR) is 83.6 cm³/mol. The lowest BCUT2D eigenvalue weighted by atomic mass is 10.2. The number of rotatable bonds is 6. The third-order valence-electron chi connectivity index (χ3n) is 2.63. The van der Waals surface area contributed by atoms with Gasteiger partial charge in [-0.15, -0.1) is 11.3 Å². The van der Waals surface area contributed by atoms with Crippen LogP contribution in [0.25, 0.3) is 0 Å². The summed E-state index contributed by atoms with van der Waals surface area (Å²) in [6, 6.07) is 0. The lowest BCUT2D eigenvalue weighted by molar-refractivity contribution is 0.0956. The van der Waals surface area contributed by atoms with Gasteiger partial charge in [0.2, 0.25) is 0 Å². The van der Waals surface area contributed by atoms with Crippen molar-refractivity contribution in [3.05, 3.63) is 21.5 Å². The summed E-state index contributed by atoms with van der Waals surface area (Å²) in [5.41, 5.74) is 5.76. The topological polar surface area (TPSA) is 92.9 Å². The van der Waals surface area contributed by atoms with Crippen molar-refractivity contribution in [1.82, 2.24) is 15.3 Å². The average molecular weight is 311 g/mol. The molecule has 0 saturated carbocycles. The molecule has 20 heavy (non-hydrogen) atoms. The van der Waals surface area contributed by atoms with Crippen molar-refractivity contribution in [2.75, 3.05) is 24.1 Å². The molecular weight excluding hydrogens is 294 g/mol. The maximum Gasteiger partial charge on any atom is 0.265 e. The van der Waals surface area contributed by atoms with Crippen molar-refractivity contribution >= 4 is 39.5 Å². The minimum atomic E-state index is -0.187. The average Bonchev–Trinajstić information content (AvgIpc) is 3.06. The number of nitrogens with two attached hydrogens (primary N) is 1. The summed E-state index contributed by atoms with van der Waals surface area (Å²) in [6.45, 7) is 5.27. The second kappa shape index (κ2) is 6.67. The number of carbonyl (C=O) groups excluding carboxylic acids is 1. The molecule has 0 saturated heterocycles. The molecule has 0 aliphatic carbocycles. The highest BCUT2D eigenvalue weighted by molar-refractivity contribution is 7.18. The van der Waals surface area contributed by atoms with Gasteiger partial charge in [-0.3, -0.25) is 4.79 Å². The molecule has 0 aliphatic rings. The van der Waals surface area contributed by atoms with Crippen LogP contribution < -0.4 is 16.4 Å². The molecule has 108 valence electrons. The fraction of sp³-hybridized carbons (Fsp3) is 0.417. The first-order chi connectivity index (χ1) is 9.61. The van der Waals surface area contributed by atoms with Crippen molar-refractivity contribution in [3.8, 4) is 0 Å². The minimum absolute atomic E-state index is 0.182. The molecule has 0 aromatic carbocycles. The van der Waals surface area contributed by atoms with Gasteiger partial charge in [0.15, 0.2) is 5.13 Å². The van der Waals surface area contributed by atoms with E-state index in [9.17, 15) is 4.79 Å². The number of hydrogen-bond donors (Lipinski definition) is 3. The zero-order chi connectivity index (χ0) is 14.5. The molecule has 6 nitrogen and oxygen atoms in total. The minimum Gasteiger partial charge on any atom is -0.382 e. The van der Waals surface area contributed by atoms with E-state index in [1.807, 2.05) is 19.2 Å². The van der Waals surface area contributed by atoms with Gasteiger partial charge in [-0.2, -0.15) is 0 Å². The van der Waals surface area contributed by atoms with E-state index < -0.39 is 0 Å². The Morgan fingerprint density at radius 3 is 3.00 bits per heavy atom. The number of hydrogen-bond acceptors (Lipinski definition) is 7. The second-order valence-corrected chi connectivity index (χ2v) is 6.17. The van der Waals surface area contributed by atoms with Crippen molar-refractivity contribution in [1.29, 1.82) is 0 Å². The van der Waals surface area contributed by atoms with E-state index in [0.717, 1.165) is 11.6 Å². The van der Waals surface area contributed by atoms with Crippen LogP contribution in [0.15, 0.2) is 11.6 Å². The Labute approximate surface area is 125 Å². The Bertz CT molecular complexity index is 566. The number of nitrogen functional groups attached to an aromatic ring is 1. The van der Waals surface area contributed by atoms with E-state index in [2.05, 4.69) is 20.6 Å². The quantitative estimate of drug-likeness (QED) is 0.760. The van der Waals surface area contributed by atoms with Gasteiger partial charge in [-0.25, -0.2) is 9.97 Å². The SMILES string of the molecule is CCNc1nc(N)c(C(=O)NCC(C)c2nccs2)s1. The largest absolute Gasteiger partial charge is 0.382 e. The van der Waals surface area contributed by atoms with Crippen LogP contribution in [0, 0.1) is 0 Å². The van der Waals surface area contributed by atoms with Gasteiger partial charge in [0.25, 0.3) is 5.91 Å². The normalized spacial score (nSPS) is 12.1. The fourth-order valence-corrected chi connectivity index (χ4v) is 3.18. The highest BCUT2D eigenvalue weighted by Gasteiger charge is 2.17. The molecule has 0 radical (unpaired) electrons. The molecule has 2 heterocycles. The Morgan fingerprint density at radius 1 is 1.55 bits per heavy atom. The smallest absolute Gasteiger partial charge is 0.265 e. The number of aromatic nitrogens is 2. The maximum absolute atomic E-state index is 12.1. The first-order valence-electron chi connectivity index (χ1n) is 6.29. The van der Waals surface area contributed by atoms with E-state index in [-0.39, 0.29) is 17.6 Å². The number of nitrogens with zero attached hydrogens (tertiary/aromatic N) is 2. The fourth-order valence-electron chi connectivity index (χ4n) is 1.61. The van der Waals surface area contributed by atoms with Crippen LogP contribution >= 0.6 is 22.7 Å². The molecule has 0 aliphatic heterocycles. The number of amides is 1. The number of nitrogens with one attached hydrogen (secondary N) is 2. The van der Waals surface area contributed by atoms with Crippen LogP contribution in [0.2, 0.25) is 0 Å². The molecule has 0 bridgehead atoms. The van der Waals surface area contributed by atoms with Gasteiger partial charge in [0.1, 0.15) is 10.7 Å². The third kappa shape index (κ3) is 3.45. The zero-order valence-corrected chi connectivity index (χ0v) is 13.0. The van der Waals surface area contributed by atoms with Gasteiger partial charge in [0, 0.05) is 30.6 Å². The van der Waals surface area contributed by atoms with Crippen molar-refractivity contribution < 1.29 is 4.79 Å². The van der Waals surface area contributed by atoms with Crippen LogP contribution in [0.4, 0.5) is 10.9 Å². The molecule has 1 unspecified atom stereocenters. The number of thiazole rings is 2. The van der Waals surface area contributed by atoms with Crippen LogP contribution in [-0.2, 0) is 0 Å². The van der Waals surface area contributed by atoms with E-state index in [1.165, 1.54) is 11.3 Å². The van der Waals surface area contributed by atoms with Crippen molar-refractivity contribution in [2.45, 2.75) is 19.8 Å². The van der Waals surface area contributed by atoms with Crippen LogP contribution in [0.1, 0.15) is 34.4 Å². The van der Waals surface area contributed by atoms with E-state index in [4.69, 9.17) is 5.73 Å². The van der Waals surface area contributed by atoms with Gasteiger partial charge in [-0.05, 0) is 6.92 Å². The first kappa shape index (κ1) is 14.7. The van der Waals surface area contributed by atoms with Crippen molar-refractivity contribution in [3.63, 3.8) is 0 Å². The molecule has 4 N–H and O–H groups in total. The standard InChI is InChI=1S/C12H17N5OS2/c1-3-14-12-17-9(13)8(20-12)10(18)16-6-7(2)11-15-4-5-19-11/h4-5,7H,3,6,13H2,1-2H3,(H,14,17)(H,16,18). The summed E-state index contributed by atoms with van der Waals surface area (Å²) < 4.78 is 0. The zero-order valence-electron chi connectivity index (χ0n) is 11.3. The Morgan fingerprint density at radius 2 is 2.35 bits per heavy atom. The Hall–Kier alpha value is -1.67. The first-order valence-corrected chi connectivity index (χ1v) is 7.99. The van der Waals surface area contributed by atoms with Crippen LogP contribution in [0.3, 0.4) is 0 Å². The number of carbonyl (C=O) groups is 1. The van der Waals surface area contributed by atoms with Gasteiger partial charge in [0.05, 0.1) is 5.01 Å². The Balaban J connectivity index is 1.94. The Kier molecular flexibility index (Phi) is 4.91. The molecule has 1 atom stereocenters. The summed E-state index contributed by atoms with van der Waals surface area (Å²) in [7, 11) is 0. The third-order valence-corrected chi connectivity index (χ3v) is 4.66. The summed E-state index contributed by atoms with van der Waals surface area (Å²) in [6.07, 6.45) is 1.77. The van der Waals surface area contributed by atoms with Crippen LogP contribution in [-0.4, -0.2) is 29.0 Å². The summed E-state index contributed by atoms with van der Waals surface area (Å²) in [4.78, 5) is 20.9. The summed E-state index contributed by atoms with van der Waals surface area (Å²) in [5, 5.41) is 9.53. The maximum atomic E-state index is 12.1. The van der Waals surface area contributed by atoms with Crippen molar-refractivity contribution in [2.24, 2.45) is 0 Å². The molecule has 8 heteroatoms. The molecule has 1 amide bonds. The number of anilines is 2. The molecule has 2 aromatic rings. The molecule has 2 aromatic heterocycles. The van der Waals surface area contributed by atoms with Crippen LogP contribution in [0.5, 0.6) is 0 Å². The van der Waals surface area contributed by atoms with Gasteiger partial charge >= 0.3 is 0 Å². The summed E-state index contributed by atoms with van der Waals surface area (Å²) in [5.74, 6) is 0.263.